The minimum Gasteiger partial charge on any atom is -0.441 e. The second kappa shape index (κ2) is 3.71. The molecule has 1 aliphatic heterocycles. The fourth-order valence-electron chi connectivity index (χ4n) is 1.70. The number of hydrogen-bond acceptors (Lipinski definition) is 4. The van der Waals surface area contributed by atoms with Gasteiger partial charge in [-0.05, 0) is 19.3 Å². The van der Waals surface area contributed by atoms with E-state index in [4.69, 9.17) is 14.9 Å². The third-order valence-corrected chi connectivity index (χ3v) is 2.60. The number of aromatic nitrogens is 1. The topological polar surface area (TPSA) is 61.3 Å². The normalized spacial score (nSPS) is 29.4. The van der Waals surface area contributed by atoms with Crippen molar-refractivity contribution in [1.82, 2.24) is 4.98 Å². The first-order chi connectivity index (χ1) is 6.68. The highest BCUT2D eigenvalue weighted by atomic mass is 16.5. The first-order valence-corrected chi connectivity index (χ1v) is 5.01. The molecule has 2 N–H and O–H groups in total. The zero-order valence-corrected chi connectivity index (χ0v) is 8.56. The number of rotatable bonds is 2. The fraction of sp³-hybridized carbons (Fsp3) is 0.700. The molecule has 78 valence electrons. The lowest BCUT2D eigenvalue weighted by atomic mass is 10.0. The summed E-state index contributed by atoms with van der Waals surface area (Å²) < 4.78 is 11.1. The van der Waals surface area contributed by atoms with E-state index in [1.165, 1.54) is 0 Å². The number of oxazole rings is 1. The molecule has 1 aliphatic rings. The number of ether oxygens (including phenoxy) is 1. The van der Waals surface area contributed by atoms with Gasteiger partial charge in [0.1, 0.15) is 6.10 Å². The van der Waals surface area contributed by atoms with Crippen LogP contribution in [-0.4, -0.2) is 11.6 Å². The van der Waals surface area contributed by atoms with E-state index in [1.54, 1.807) is 6.20 Å². The van der Waals surface area contributed by atoms with Gasteiger partial charge in [-0.2, -0.15) is 0 Å². The van der Waals surface area contributed by atoms with E-state index in [9.17, 15) is 0 Å². The lowest BCUT2D eigenvalue weighted by molar-refractivity contribution is 0.0746. The van der Waals surface area contributed by atoms with Crippen LogP contribution in [0.5, 0.6) is 0 Å². The van der Waals surface area contributed by atoms with E-state index in [0.29, 0.717) is 11.8 Å². The largest absolute Gasteiger partial charge is 0.441 e. The Labute approximate surface area is 83.4 Å². The molecule has 0 amide bonds. The Morgan fingerprint density at radius 2 is 2.43 bits per heavy atom. The lowest BCUT2D eigenvalue weighted by Gasteiger charge is -2.10. The molecular weight excluding hydrogens is 180 g/mol. The van der Waals surface area contributed by atoms with Gasteiger partial charge in [-0.25, -0.2) is 4.98 Å². The quantitative estimate of drug-likeness (QED) is 0.783. The van der Waals surface area contributed by atoms with Gasteiger partial charge in [0.15, 0.2) is 5.76 Å². The highest BCUT2D eigenvalue weighted by molar-refractivity contribution is 5.03. The summed E-state index contributed by atoms with van der Waals surface area (Å²) in [4.78, 5) is 4.12. The maximum absolute atomic E-state index is 5.66. The van der Waals surface area contributed by atoms with Crippen LogP contribution in [0.4, 0.5) is 0 Å². The van der Waals surface area contributed by atoms with Crippen molar-refractivity contribution >= 4 is 0 Å². The standard InChI is InChI=1S/C10H16N2O2/c1-6-3-4-13-9(6)8-5-12-10(14-8)7(2)11/h5-7,9H,3-4,11H2,1-2H3. The zero-order chi connectivity index (χ0) is 10.1. The van der Waals surface area contributed by atoms with Crippen LogP contribution in [0.15, 0.2) is 10.6 Å². The van der Waals surface area contributed by atoms with Crippen LogP contribution in [0.3, 0.4) is 0 Å². The summed E-state index contributed by atoms with van der Waals surface area (Å²) in [6.07, 6.45) is 2.87. The van der Waals surface area contributed by atoms with Crippen LogP contribution in [0, 0.1) is 5.92 Å². The predicted molar refractivity (Wildman–Crippen MR) is 51.6 cm³/mol. The van der Waals surface area contributed by atoms with E-state index < -0.39 is 0 Å². The van der Waals surface area contributed by atoms with Crippen molar-refractivity contribution in [3.05, 3.63) is 17.8 Å². The van der Waals surface area contributed by atoms with Gasteiger partial charge >= 0.3 is 0 Å². The molecule has 3 unspecified atom stereocenters. The monoisotopic (exact) mass is 196 g/mol. The molecule has 1 aromatic rings. The van der Waals surface area contributed by atoms with Crippen LogP contribution in [0.2, 0.25) is 0 Å². The number of nitrogens with zero attached hydrogens (tertiary/aromatic N) is 1. The van der Waals surface area contributed by atoms with Gasteiger partial charge in [-0.15, -0.1) is 0 Å². The molecule has 1 fully saturated rings. The van der Waals surface area contributed by atoms with E-state index >= 15 is 0 Å². The minimum absolute atomic E-state index is 0.0648. The molecule has 1 saturated heterocycles. The summed E-state index contributed by atoms with van der Waals surface area (Å²) in [6, 6.07) is -0.152. The van der Waals surface area contributed by atoms with Gasteiger partial charge in [-0.1, -0.05) is 6.92 Å². The van der Waals surface area contributed by atoms with Crippen molar-refractivity contribution in [2.45, 2.75) is 32.4 Å². The smallest absolute Gasteiger partial charge is 0.211 e. The summed E-state index contributed by atoms with van der Waals surface area (Å²) in [5.74, 6) is 1.90. The molecule has 0 spiro atoms. The summed E-state index contributed by atoms with van der Waals surface area (Å²) in [5.41, 5.74) is 5.66. The fourth-order valence-corrected chi connectivity index (χ4v) is 1.70. The lowest BCUT2D eigenvalue weighted by Crippen LogP contribution is -2.05. The van der Waals surface area contributed by atoms with E-state index in [1.807, 2.05) is 6.92 Å². The molecule has 1 aromatic heterocycles. The summed E-state index contributed by atoms with van der Waals surface area (Å²) >= 11 is 0. The SMILES string of the molecule is CC(N)c1ncc(C2OCCC2C)o1. The van der Waals surface area contributed by atoms with Gasteiger partial charge in [0, 0.05) is 6.61 Å². The Morgan fingerprint density at radius 3 is 2.93 bits per heavy atom. The van der Waals surface area contributed by atoms with E-state index in [0.717, 1.165) is 18.8 Å². The van der Waals surface area contributed by atoms with Gasteiger partial charge in [0.2, 0.25) is 5.89 Å². The molecule has 3 atom stereocenters. The highest BCUT2D eigenvalue weighted by Gasteiger charge is 2.29. The Balaban J connectivity index is 2.16. The summed E-state index contributed by atoms with van der Waals surface area (Å²) in [7, 11) is 0. The van der Waals surface area contributed by atoms with E-state index in [2.05, 4.69) is 11.9 Å². The molecule has 0 aromatic carbocycles. The zero-order valence-electron chi connectivity index (χ0n) is 8.56. The van der Waals surface area contributed by atoms with Crippen molar-refractivity contribution in [1.29, 1.82) is 0 Å². The van der Waals surface area contributed by atoms with Crippen molar-refractivity contribution < 1.29 is 9.15 Å². The first kappa shape index (κ1) is 9.68. The molecule has 2 heterocycles. The summed E-state index contributed by atoms with van der Waals surface area (Å²) in [5, 5.41) is 0. The van der Waals surface area contributed by atoms with Gasteiger partial charge in [-0.3, -0.25) is 0 Å². The van der Waals surface area contributed by atoms with Crippen molar-refractivity contribution in [3.63, 3.8) is 0 Å². The maximum atomic E-state index is 5.66. The number of hydrogen-bond donors (Lipinski definition) is 1. The van der Waals surface area contributed by atoms with Crippen molar-refractivity contribution in [2.24, 2.45) is 11.7 Å². The van der Waals surface area contributed by atoms with Crippen LogP contribution in [-0.2, 0) is 4.74 Å². The number of nitrogens with two attached hydrogens (primary N) is 1. The molecule has 4 heteroatoms. The minimum atomic E-state index is -0.152. The maximum Gasteiger partial charge on any atom is 0.211 e. The van der Waals surface area contributed by atoms with Crippen LogP contribution >= 0.6 is 0 Å². The van der Waals surface area contributed by atoms with Crippen LogP contribution in [0.1, 0.15) is 44.1 Å². The average Bonchev–Trinajstić information content (AvgIpc) is 2.71. The Kier molecular flexibility index (Phi) is 2.56. The third-order valence-electron chi connectivity index (χ3n) is 2.60. The second-order valence-electron chi connectivity index (χ2n) is 3.95. The van der Waals surface area contributed by atoms with Gasteiger partial charge < -0.3 is 14.9 Å². The molecule has 0 bridgehead atoms. The second-order valence-corrected chi connectivity index (χ2v) is 3.95. The van der Waals surface area contributed by atoms with Gasteiger partial charge in [0.25, 0.3) is 0 Å². The first-order valence-electron chi connectivity index (χ1n) is 5.01. The molecule has 0 aliphatic carbocycles. The Hall–Kier alpha value is -0.870. The Bertz CT molecular complexity index is 309. The van der Waals surface area contributed by atoms with Crippen molar-refractivity contribution in [2.75, 3.05) is 6.61 Å². The van der Waals surface area contributed by atoms with E-state index in [-0.39, 0.29) is 12.1 Å². The molecule has 0 radical (unpaired) electrons. The summed E-state index contributed by atoms with van der Waals surface area (Å²) in [6.45, 7) is 4.82. The highest BCUT2D eigenvalue weighted by Crippen LogP contribution is 2.34. The molecule has 0 saturated carbocycles. The Morgan fingerprint density at radius 1 is 1.64 bits per heavy atom. The van der Waals surface area contributed by atoms with Crippen LogP contribution in [0.25, 0.3) is 0 Å². The molecule has 4 nitrogen and oxygen atoms in total. The van der Waals surface area contributed by atoms with Crippen molar-refractivity contribution in [3.8, 4) is 0 Å². The average molecular weight is 196 g/mol. The molecule has 14 heavy (non-hydrogen) atoms. The van der Waals surface area contributed by atoms with Crippen LogP contribution < -0.4 is 5.73 Å². The predicted octanol–water partition coefficient (Wildman–Crippen LogP) is 1.79. The molecule has 2 rings (SSSR count). The third kappa shape index (κ3) is 1.67. The van der Waals surface area contributed by atoms with Gasteiger partial charge in [0.05, 0.1) is 12.2 Å². The molecular formula is C10H16N2O2.